The van der Waals surface area contributed by atoms with Gasteiger partial charge in [-0.05, 0) is 55.0 Å². The Morgan fingerprint density at radius 3 is 2.81 bits per heavy atom. The van der Waals surface area contributed by atoms with Crippen LogP contribution >= 0.6 is 0 Å². The molecule has 2 fully saturated rings. The highest BCUT2D eigenvalue weighted by Crippen LogP contribution is 2.36. The number of hydrogen-bond donors (Lipinski definition) is 3. The summed E-state index contributed by atoms with van der Waals surface area (Å²) < 4.78 is 0. The second-order valence-corrected chi connectivity index (χ2v) is 7.51. The average molecular weight is 356 g/mol. The summed E-state index contributed by atoms with van der Waals surface area (Å²) in [5, 5.41) is 5.77. The van der Waals surface area contributed by atoms with E-state index in [0.717, 1.165) is 24.2 Å². The van der Waals surface area contributed by atoms with Crippen molar-refractivity contribution in [3.63, 3.8) is 0 Å². The molecule has 7 heteroatoms. The zero-order valence-corrected chi connectivity index (χ0v) is 14.7. The Hall–Kier alpha value is -2.25. The molecule has 1 aliphatic carbocycles. The third kappa shape index (κ3) is 3.24. The Morgan fingerprint density at radius 2 is 2.08 bits per heavy atom. The fourth-order valence-corrected chi connectivity index (χ4v) is 3.96. The molecule has 0 aromatic heterocycles. The maximum absolute atomic E-state index is 12.8. The molecule has 4 N–H and O–H groups in total. The number of piperidine rings is 1. The monoisotopic (exact) mass is 356 g/mol. The Balaban J connectivity index is 1.39. The number of carbonyl (C=O) groups is 3. The lowest BCUT2D eigenvalue weighted by Gasteiger charge is -2.29. The highest BCUT2D eigenvalue weighted by atomic mass is 16.2. The van der Waals surface area contributed by atoms with Crippen molar-refractivity contribution in [1.82, 2.24) is 15.5 Å². The summed E-state index contributed by atoms with van der Waals surface area (Å²) in [6, 6.07) is 5.36. The Bertz CT molecular complexity index is 763. The molecule has 3 amide bonds. The van der Waals surface area contributed by atoms with Gasteiger partial charge in [-0.15, -0.1) is 0 Å². The molecular weight excluding hydrogens is 332 g/mol. The van der Waals surface area contributed by atoms with E-state index in [9.17, 15) is 14.4 Å². The zero-order chi connectivity index (χ0) is 18.3. The largest absolute Gasteiger partial charge is 0.330 e. The summed E-state index contributed by atoms with van der Waals surface area (Å²) in [5.74, 6) is 0.575. The second-order valence-electron chi connectivity index (χ2n) is 7.51. The minimum atomic E-state index is -0.558. The van der Waals surface area contributed by atoms with E-state index in [1.165, 1.54) is 6.42 Å². The minimum Gasteiger partial charge on any atom is -0.330 e. The molecule has 2 aliphatic heterocycles. The van der Waals surface area contributed by atoms with Gasteiger partial charge >= 0.3 is 0 Å². The van der Waals surface area contributed by atoms with Crippen molar-refractivity contribution in [2.45, 2.75) is 38.4 Å². The highest BCUT2D eigenvalue weighted by molar-refractivity contribution is 6.05. The SMILES string of the molecule is NCC1CC1CNCc1ccc2c(c1)C(=O)N(C1CCC(=O)NC1=O)C2. The molecule has 138 valence electrons. The fourth-order valence-electron chi connectivity index (χ4n) is 3.96. The van der Waals surface area contributed by atoms with Gasteiger partial charge in [0.05, 0.1) is 0 Å². The van der Waals surface area contributed by atoms with Gasteiger partial charge in [0.1, 0.15) is 6.04 Å². The lowest BCUT2D eigenvalue weighted by molar-refractivity contribution is -0.136. The molecule has 7 nitrogen and oxygen atoms in total. The number of fused-ring (bicyclic) bond motifs is 1. The van der Waals surface area contributed by atoms with E-state index in [0.29, 0.717) is 36.9 Å². The van der Waals surface area contributed by atoms with Crippen LogP contribution in [0, 0.1) is 11.8 Å². The summed E-state index contributed by atoms with van der Waals surface area (Å²) in [5.41, 5.74) is 8.33. The van der Waals surface area contributed by atoms with Crippen molar-refractivity contribution in [2.24, 2.45) is 17.6 Å². The lowest BCUT2D eigenvalue weighted by atomic mass is 10.0. The minimum absolute atomic E-state index is 0.123. The first-order chi connectivity index (χ1) is 12.6. The van der Waals surface area contributed by atoms with Crippen LogP contribution in [0.25, 0.3) is 0 Å². The standard InChI is InChI=1S/C19H24N4O3/c20-7-13-6-14(13)9-21-8-11-1-2-12-10-23(19(26)15(12)5-11)16-3-4-17(24)22-18(16)25/h1-2,5,13-14,16,21H,3-4,6-10,20H2,(H,22,24,25). The molecule has 2 heterocycles. The van der Waals surface area contributed by atoms with E-state index in [-0.39, 0.29) is 24.1 Å². The van der Waals surface area contributed by atoms with E-state index in [1.54, 1.807) is 4.90 Å². The number of nitrogens with zero attached hydrogens (tertiary/aromatic N) is 1. The van der Waals surface area contributed by atoms with E-state index < -0.39 is 6.04 Å². The number of nitrogens with two attached hydrogens (primary N) is 1. The molecule has 1 aromatic rings. The predicted octanol–water partition coefficient (Wildman–Crippen LogP) is 0.132. The number of hydrogen-bond acceptors (Lipinski definition) is 5. The quantitative estimate of drug-likeness (QED) is 0.629. The number of benzene rings is 1. The van der Waals surface area contributed by atoms with Crippen LogP contribution in [0.2, 0.25) is 0 Å². The smallest absolute Gasteiger partial charge is 0.255 e. The van der Waals surface area contributed by atoms with Crippen LogP contribution < -0.4 is 16.4 Å². The van der Waals surface area contributed by atoms with Crippen LogP contribution in [-0.2, 0) is 22.7 Å². The van der Waals surface area contributed by atoms with Gasteiger partial charge in [0.25, 0.3) is 5.91 Å². The molecule has 0 bridgehead atoms. The van der Waals surface area contributed by atoms with Crippen molar-refractivity contribution in [2.75, 3.05) is 13.1 Å². The fraction of sp³-hybridized carbons (Fsp3) is 0.526. The summed E-state index contributed by atoms with van der Waals surface area (Å²) in [6.07, 6.45) is 1.87. The van der Waals surface area contributed by atoms with Crippen molar-refractivity contribution in [1.29, 1.82) is 0 Å². The van der Waals surface area contributed by atoms with Gasteiger partial charge in [0, 0.05) is 25.1 Å². The molecular formula is C19H24N4O3. The molecule has 3 unspecified atom stereocenters. The van der Waals surface area contributed by atoms with Gasteiger partial charge in [-0.3, -0.25) is 19.7 Å². The van der Waals surface area contributed by atoms with Gasteiger partial charge in [-0.2, -0.15) is 0 Å². The van der Waals surface area contributed by atoms with Gasteiger partial charge in [0.2, 0.25) is 11.8 Å². The Kier molecular flexibility index (Phi) is 4.50. The van der Waals surface area contributed by atoms with E-state index >= 15 is 0 Å². The van der Waals surface area contributed by atoms with E-state index in [2.05, 4.69) is 10.6 Å². The van der Waals surface area contributed by atoms with E-state index in [1.807, 2.05) is 18.2 Å². The van der Waals surface area contributed by atoms with Gasteiger partial charge in [-0.1, -0.05) is 12.1 Å². The van der Waals surface area contributed by atoms with Crippen molar-refractivity contribution in [3.05, 3.63) is 34.9 Å². The first kappa shape index (κ1) is 17.2. The summed E-state index contributed by atoms with van der Waals surface area (Å²) in [7, 11) is 0. The maximum Gasteiger partial charge on any atom is 0.255 e. The average Bonchev–Trinajstić information content (AvgIpc) is 3.31. The number of nitrogens with one attached hydrogen (secondary N) is 2. The van der Waals surface area contributed by atoms with Crippen molar-refractivity contribution in [3.8, 4) is 0 Å². The van der Waals surface area contributed by atoms with Crippen LogP contribution in [-0.4, -0.2) is 41.8 Å². The number of imide groups is 1. The molecule has 3 atom stereocenters. The van der Waals surface area contributed by atoms with Crippen LogP contribution in [0.3, 0.4) is 0 Å². The summed E-state index contributed by atoms with van der Waals surface area (Å²) >= 11 is 0. The Morgan fingerprint density at radius 1 is 1.23 bits per heavy atom. The molecule has 0 spiro atoms. The summed E-state index contributed by atoms with van der Waals surface area (Å²) in [4.78, 5) is 37.8. The zero-order valence-electron chi connectivity index (χ0n) is 14.7. The van der Waals surface area contributed by atoms with Gasteiger partial charge < -0.3 is 16.0 Å². The highest BCUT2D eigenvalue weighted by Gasteiger charge is 2.39. The molecule has 1 saturated carbocycles. The normalized spacial score (nSPS) is 27.5. The van der Waals surface area contributed by atoms with Crippen LogP contribution in [0.1, 0.15) is 40.7 Å². The number of rotatable bonds is 6. The van der Waals surface area contributed by atoms with Gasteiger partial charge in [-0.25, -0.2) is 0 Å². The third-order valence-corrected chi connectivity index (χ3v) is 5.70. The second kappa shape index (κ2) is 6.81. The van der Waals surface area contributed by atoms with Crippen molar-refractivity contribution >= 4 is 17.7 Å². The molecule has 4 rings (SSSR count). The molecule has 26 heavy (non-hydrogen) atoms. The molecule has 1 saturated heterocycles. The first-order valence-electron chi connectivity index (χ1n) is 9.24. The molecule has 1 aromatic carbocycles. The van der Waals surface area contributed by atoms with E-state index in [4.69, 9.17) is 5.73 Å². The molecule has 0 radical (unpaired) electrons. The van der Waals surface area contributed by atoms with Crippen LogP contribution in [0.5, 0.6) is 0 Å². The number of amides is 3. The lowest BCUT2D eigenvalue weighted by Crippen LogP contribution is -2.52. The van der Waals surface area contributed by atoms with Crippen LogP contribution in [0.15, 0.2) is 18.2 Å². The predicted molar refractivity (Wildman–Crippen MR) is 94.8 cm³/mol. The summed E-state index contributed by atoms with van der Waals surface area (Å²) in [6.45, 7) is 2.85. The maximum atomic E-state index is 12.8. The molecule has 3 aliphatic rings. The topological polar surface area (TPSA) is 105 Å². The Labute approximate surface area is 152 Å². The van der Waals surface area contributed by atoms with Crippen LogP contribution in [0.4, 0.5) is 0 Å². The third-order valence-electron chi connectivity index (χ3n) is 5.70. The van der Waals surface area contributed by atoms with Crippen molar-refractivity contribution < 1.29 is 14.4 Å². The first-order valence-corrected chi connectivity index (χ1v) is 9.24. The number of carbonyl (C=O) groups excluding carboxylic acids is 3. The van der Waals surface area contributed by atoms with Gasteiger partial charge in [0.15, 0.2) is 0 Å².